The van der Waals surface area contributed by atoms with E-state index >= 15 is 0 Å². The maximum absolute atomic E-state index is 10.9. The summed E-state index contributed by atoms with van der Waals surface area (Å²) in [5, 5.41) is 0. The Morgan fingerprint density at radius 2 is 1.22 bits per heavy atom. The third-order valence-corrected chi connectivity index (χ3v) is 3.81. The zero-order chi connectivity index (χ0) is 16.2. The zero-order valence-electron chi connectivity index (χ0n) is 13.4. The van der Waals surface area contributed by atoms with E-state index in [2.05, 4.69) is 67.3 Å². The number of aldehydes is 1. The van der Waals surface area contributed by atoms with Gasteiger partial charge in [-0.1, -0.05) is 24.3 Å². The van der Waals surface area contributed by atoms with Crippen LogP contribution in [0.5, 0.6) is 0 Å². The minimum absolute atomic E-state index is 0.683. The normalized spacial score (nSPS) is 10.3. The molecule has 0 spiro atoms. The third-order valence-electron chi connectivity index (χ3n) is 3.81. The predicted molar refractivity (Wildman–Crippen MR) is 96.0 cm³/mol. The van der Waals surface area contributed by atoms with Crippen molar-refractivity contribution in [1.82, 2.24) is 0 Å². The largest absolute Gasteiger partial charge is 0.310 e. The Morgan fingerprint density at radius 3 is 1.65 bits per heavy atom. The Bertz CT molecular complexity index is 776. The van der Waals surface area contributed by atoms with Gasteiger partial charge in [0.25, 0.3) is 0 Å². The van der Waals surface area contributed by atoms with Crippen LogP contribution in [0, 0.1) is 13.8 Å². The summed E-state index contributed by atoms with van der Waals surface area (Å²) in [6.07, 6.45) is 0.869. The monoisotopic (exact) mass is 301 g/mol. The van der Waals surface area contributed by atoms with Crippen molar-refractivity contribution in [2.24, 2.45) is 0 Å². The van der Waals surface area contributed by atoms with Gasteiger partial charge in [-0.25, -0.2) is 0 Å². The van der Waals surface area contributed by atoms with Gasteiger partial charge in [0.2, 0.25) is 0 Å². The van der Waals surface area contributed by atoms with Gasteiger partial charge in [0.15, 0.2) is 0 Å². The summed E-state index contributed by atoms with van der Waals surface area (Å²) >= 11 is 0. The Labute approximate surface area is 137 Å². The molecular formula is C21H19NO. The summed E-state index contributed by atoms with van der Waals surface area (Å²) in [5.41, 5.74) is 6.35. The predicted octanol–water partition coefficient (Wildman–Crippen LogP) is 5.59. The fourth-order valence-electron chi connectivity index (χ4n) is 2.68. The average molecular weight is 301 g/mol. The van der Waals surface area contributed by atoms with E-state index in [1.807, 2.05) is 24.3 Å². The molecule has 0 saturated heterocycles. The van der Waals surface area contributed by atoms with Crippen molar-refractivity contribution in [2.45, 2.75) is 13.8 Å². The summed E-state index contributed by atoms with van der Waals surface area (Å²) in [5.74, 6) is 0. The van der Waals surface area contributed by atoms with Crippen LogP contribution in [-0.2, 0) is 0 Å². The highest BCUT2D eigenvalue weighted by atomic mass is 16.1. The highest BCUT2D eigenvalue weighted by molar-refractivity contribution is 5.80. The van der Waals surface area contributed by atoms with Gasteiger partial charge in [-0.05, 0) is 73.5 Å². The van der Waals surface area contributed by atoms with Crippen molar-refractivity contribution < 1.29 is 4.79 Å². The lowest BCUT2D eigenvalue weighted by molar-refractivity contribution is 0.112. The quantitative estimate of drug-likeness (QED) is 0.586. The number of carbonyl (C=O) groups is 1. The number of rotatable bonds is 4. The van der Waals surface area contributed by atoms with Gasteiger partial charge in [-0.15, -0.1) is 0 Å². The van der Waals surface area contributed by atoms with Crippen LogP contribution in [0.2, 0.25) is 0 Å². The topological polar surface area (TPSA) is 20.3 Å². The van der Waals surface area contributed by atoms with Gasteiger partial charge >= 0.3 is 0 Å². The number of benzene rings is 3. The summed E-state index contributed by atoms with van der Waals surface area (Å²) in [6.45, 7) is 4.18. The Kier molecular flexibility index (Phi) is 4.24. The molecule has 114 valence electrons. The van der Waals surface area contributed by atoms with Crippen molar-refractivity contribution in [1.29, 1.82) is 0 Å². The van der Waals surface area contributed by atoms with Gasteiger partial charge in [-0.2, -0.15) is 0 Å². The van der Waals surface area contributed by atoms with E-state index in [0.717, 1.165) is 23.3 Å². The van der Waals surface area contributed by atoms with Crippen molar-refractivity contribution in [3.05, 3.63) is 89.5 Å². The van der Waals surface area contributed by atoms with Gasteiger partial charge < -0.3 is 4.90 Å². The molecule has 3 aromatic rings. The van der Waals surface area contributed by atoms with E-state index in [1.54, 1.807) is 0 Å². The minimum atomic E-state index is 0.683. The first-order valence-electron chi connectivity index (χ1n) is 7.66. The highest BCUT2D eigenvalue weighted by Gasteiger charge is 2.12. The molecule has 0 N–H and O–H groups in total. The van der Waals surface area contributed by atoms with E-state index in [9.17, 15) is 4.79 Å². The maximum Gasteiger partial charge on any atom is 0.150 e. The van der Waals surface area contributed by atoms with Gasteiger partial charge in [0.05, 0.1) is 0 Å². The third kappa shape index (κ3) is 3.32. The number of hydrogen-bond acceptors (Lipinski definition) is 2. The first kappa shape index (κ1) is 15.0. The number of hydrogen-bond donors (Lipinski definition) is 0. The molecule has 3 aromatic carbocycles. The van der Waals surface area contributed by atoms with E-state index in [0.29, 0.717) is 5.56 Å². The van der Waals surface area contributed by atoms with E-state index in [1.165, 1.54) is 11.1 Å². The van der Waals surface area contributed by atoms with Crippen LogP contribution in [0.4, 0.5) is 17.1 Å². The van der Waals surface area contributed by atoms with Crippen LogP contribution in [0.1, 0.15) is 21.5 Å². The SMILES string of the molecule is Cc1cccc(N(c2ccc(C=O)cc2)c2cccc(C)c2)c1. The van der Waals surface area contributed by atoms with Crippen LogP contribution < -0.4 is 4.90 Å². The van der Waals surface area contributed by atoms with Crippen LogP contribution in [0.15, 0.2) is 72.8 Å². The standard InChI is InChI=1S/C21H19NO/c1-16-5-3-7-20(13-16)22(21-8-4-6-17(2)14-21)19-11-9-18(15-23)10-12-19/h3-15H,1-2H3. The number of aryl methyl sites for hydroxylation is 2. The van der Waals surface area contributed by atoms with Crippen molar-refractivity contribution in [3.63, 3.8) is 0 Å². The summed E-state index contributed by atoms with van der Waals surface area (Å²) < 4.78 is 0. The average Bonchev–Trinajstić information content (AvgIpc) is 2.56. The van der Waals surface area contributed by atoms with Gasteiger partial charge in [-0.3, -0.25) is 4.79 Å². The van der Waals surface area contributed by atoms with Crippen molar-refractivity contribution in [3.8, 4) is 0 Å². The molecule has 0 aliphatic rings. The first-order valence-corrected chi connectivity index (χ1v) is 7.66. The number of nitrogens with zero attached hydrogens (tertiary/aromatic N) is 1. The van der Waals surface area contributed by atoms with E-state index in [-0.39, 0.29) is 0 Å². The second-order valence-corrected chi connectivity index (χ2v) is 5.72. The molecule has 0 bridgehead atoms. The molecule has 2 heteroatoms. The molecule has 2 nitrogen and oxygen atoms in total. The summed E-state index contributed by atoms with van der Waals surface area (Å²) in [6, 6.07) is 24.5. The molecule has 0 radical (unpaired) electrons. The molecule has 0 saturated carbocycles. The van der Waals surface area contributed by atoms with E-state index in [4.69, 9.17) is 0 Å². The zero-order valence-corrected chi connectivity index (χ0v) is 13.4. The van der Waals surface area contributed by atoms with Crippen LogP contribution >= 0.6 is 0 Å². The van der Waals surface area contributed by atoms with Crippen LogP contribution in [0.3, 0.4) is 0 Å². The molecule has 23 heavy (non-hydrogen) atoms. The summed E-state index contributed by atoms with van der Waals surface area (Å²) in [7, 11) is 0. The Hall–Kier alpha value is -2.87. The molecule has 0 aromatic heterocycles. The smallest absolute Gasteiger partial charge is 0.150 e. The second kappa shape index (κ2) is 6.49. The molecular weight excluding hydrogens is 282 g/mol. The molecule has 3 rings (SSSR count). The Morgan fingerprint density at radius 1 is 0.696 bits per heavy atom. The molecule has 0 fully saturated rings. The van der Waals surface area contributed by atoms with E-state index < -0.39 is 0 Å². The second-order valence-electron chi connectivity index (χ2n) is 5.72. The fourth-order valence-corrected chi connectivity index (χ4v) is 2.68. The Balaban J connectivity index is 2.14. The number of anilines is 3. The lowest BCUT2D eigenvalue weighted by Gasteiger charge is -2.26. The molecule has 0 amide bonds. The van der Waals surface area contributed by atoms with Crippen LogP contribution in [-0.4, -0.2) is 6.29 Å². The fraction of sp³-hybridized carbons (Fsp3) is 0.0952. The van der Waals surface area contributed by atoms with Crippen LogP contribution in [0.25, 0.3) is 0 Å². The number of carbonyl (C=O) groups excluding carboxylic acids is 1. The lowest BCUT2D eigenvalue weighted by Crippen LogP contribution is -2.10. The lowest BCUT2D eigenvalue weighted by atomic mass is 10.1. The summed E-state index contributed by atoms with van der Waals surface area (Å²) in [4.78, 5) is 13.1. The first-order chi connectivity index (χ1) is 11.2. The van der Waals surface area contributed by atoms with Gasteiger partial charge in [0.1, 0.15) is 6.29 Å². The maximum atomic E-state index is 10.9. The molecule has 0 atom stereocenters. The van der Waals surface area contributed by atoms with Crippen molar-refractivity contribution in [2.75, 3.05) is 4.90 Å². The molecule has 0 heterocycles. The minimum Gasteiger partial charge on any atom is -0.310 e. The molecule has 0 unspecified atom stereocenters. The van der Waals surface area contributed by atoms with Gasteiger partial charge in [0, 0.05) is 22.6 Å². The highest BCUT2D eigenvalue weighted by Crippen LogP contribution is 2.35. The molecule has 0 aliphatic carbocycles. The molecule has 0 aliphatic heterocycles. The van der Waals surface area contributed by atoms with Crippen molar-refractivity contribution >= 4 is 23.3 Å².